The Morgan fingerprint density at radius 2 is 2.27 bits per heavy atom. The zero-order valence-electron chi connectivity index (χ0n) is 7.91. The van der Waals surface area contributed by atoms with Crippen molar-refractivity contribution < 1.29 is 14.3 Å². The summed E-state index contributed by atoms with van der Waals surface area (Å²) in [7, 11) is 0. The third kappa shape index (κ3) is 3.00. The highest BCUT2D eigenvalue weighted by Gasteiger charge is 2.18. The van der Waals surface area contributed by atoms with Crippen molar-refractivity contribution in [3.63, 3.8) is 0 Å². The van der Waals surface area contributed by atoms with E-state index in [9.17, 15) is 9.18 Å². The fraction of sp³-hybridized carbons (Fsp3) is 0.300. The number of carboxylic acids is 1. The maximum absolute atomic E-state index is 13.2. The largest absolute Gasteiger partial charge is 0.481 e. The number of hydrogen-bond acceptors (Lipinski definition) is 2. The molecule has 0 aromatic heterocycles. The van der Waals surface area contributed by atoms with E-state index < -0.39 is 11.8 Å². The molecule has 1 aromatic carbocycles. The summed E-state index contributed by atoms with van der Waals surface area (Å²) in [6, 6.07) is 4.52. The monoisotopic (exact) mass is 275 g/mol. The molecule has 15 heavy (non-hydrogen) atoms. The summed E-state index contributed by atoms with van der Waals surface area (Å²) >= 11 is 3.09. The van der Waals surface area contributed by atoms with Crippen molar-refractivity contribution in [1.82, 2.24) is 0 Å². The van der Waals surface area contributed by atoms with Crippen molar-refractivity contribution in [2.24, 2.45) is 5.73 Å². The van der Waals surface area contributed by atoms with Crippen molar-refractivity contribution in [3.8, 4) is 0 Å². The molecular weight excluding hydrogens is 265 g/mol. The SMILES string of the molecule is NCC(CC(=O)O)c1cccc(F)c1Br. The number of nitrogens with two attached hydrogens (primary N) is 1. The molecule has 3 nitrogen and oxygen atoms in total. The average molecular weight is 276 g/mol. The van der Waals surface area contributed by atoms with Crippen molar-refractivity contribution >= 4 is 21.9 Å². The van der Waals surface area contributed by atoms with Crippen LogP contribution in [0.25, 0.3) is 0 Å². The van der Waals surface area contributed by atoms with Crippen LogP contribution in [0.5, 0.6) is 0 Å². The van der Waals surface area contributed by atoms with E-state index in [2.05, 4.69) is 15.9 Å². The van der Waals surface area contributed by atoms with Gasteiger partial charge in [-0.1, -0.05) is 12.1 Å². The predicted octanol–water partition coefficient (Wildman–Crippen LogP) is 2.11. The molecule has 1 atom stereocenters. The molecule has 0 aliphatic heterocycles. The third-order valence-electron chi connectivity index (χ3n) is 2.13. The van der Waals surface area contributed by atoms with Gasteiger partial charge in [-0.05, 0) is 34.1 Å². The van der Waals surface area contributed by atoms with Gasteiger partial charge in [0, 0.05) is 5.92 Å². The molecule has 0 bridgehead atoms. The Morgan fingerprint density at radius 1 is 1.60 bits per heavy atom. The second-order valence-electron chi connectivity index (χ2n) is 3.17. The van der Waals surface area contributed by atoms with Gasteiger partial charge in [0.2, 0.25) is 0 Å². The zero-order chi connectivity index (χ0) is 11.4. The molecule has 0 spiro atoms. The molecule has 0 heterocycles. The normalized spacial score (nSPS) is 12.5. The van der Waals surface area contributed by atoms with Crippen molar-refractivity contribution in [3.05, 3.63) is 34.1 Å². The Hall–Kier alpha value is -0.940. The molecule has 0 aliphatic carbocycles. The number of benzene rings is 1. The Morgan fingerprint density at radius 3 is 2.80 bits per heavy atom. The number of hydrogen-bond donors (Lipinski definition) is 2. The first-order chi connectivity index (χ1) is 7.06. The highest BCUT2D eigenvalue weighted by atomic mass is 79.9. The number of halogens is 2. The number of carbonyl (C=O) groups is 1. The van der Waals surface area contributed by atoms with Gasteiger partial charge in [0.15, 0.2) is 0 Å². The van der Waals surface area contributed by atoms with E-state index in [1.807, 2.05) is 0 Å². The molecular formula is C10H11BrFNO2. The van der Waals surface area contributed by atoms with Gasteiger partial charge in [-0.2, -0.15) is 0 Å². The smallest absolute Gasteiger partial charge is 0.304 e. The molecule has 1 aromatic rings. The van der Waals surface area contributed by atoms with Crippen LogP contribution in [0, 0.1) is 5.82 Å². The van der Waals surface area contributed by atoms with E-state index >= 15 is 0 Å². The lowest BCUT2D eigenvalue weighted by Crippen LogP contribution is -2.17. The van der Waals surface area contributed by atoms with Crippen LogP contribution in [0.1, 0.15) is 17.9 Å². The van der Waals surface area contributed by atoms with Gasteiger partial charge in [-0.3, -0.25) is 4.79 Å². The Bertz CT molecular complexity index is 370. The van der Waals surface area contributed by atoms with Crippen molar-refractivity contribution in [2.45, 2.75) is 12.3 Å². The summed E-state index contributed by atoms with van der Waals surface area (Å²) in [6.45, 7) is 0.175. The van der Waals surface area contributed by atoms with Gasteiger partial charge in [0.05, 0.1) is 10.9 Å². The highest BCUT2D eigenvalue weighted by molar-refractivity contribution is 9.10. The third-order valence-corrected chi connectivity index (χ3v) is 2.96. The van der Waals surface area contributed by atoms with E-state index in [1.54, 1.807) is 12.1 Å². The van der Waals surface area contributed by atoms with Crippen LogP contribution in [0.2, 0.25) is 0 Å². The maximum Gasteiger partial charge on any atom is 0.304 e. The molecule has 1 rings (SSSR count). The molecule has 0 amide bonds. The van der Waals surface area contributed by atoms with E-state index in [0.717, 1.165) is 0 Å². The Balaban J connectivity index is 3.01. The van der Waals surface area contributed by atoms with Crippen LogP contribution in [-0.2, 0) is 4.79 Å². The Labute approximate surface area is 95.2 Å². The molecule has 3 N–H and O–H groups in total. The van der Waals surface area contributed by atoms with E-state index in [1.165, 1.54) is 6.07 Å². The predicted molar refractivity (Wildman–Crippen MR) is 58.1 cm³/mol. The molecule has 0 fully saturated rings. The van der Waals surface area contributed by atoms with Gasteiger partial charge in [0.25, 0.3) is 0 Å². The van der Waals surface area contributed by atoms with Crippen molar-refractivity contribution in [2.75, 3.05) is 6.54 Å². The number of rotatable bonds is 4. The fourth-order valence-corrected chi connectivity index (χ4v) is 1.95. The van der Waals surface area contributed by atoms with Crippen LogP contribution < -0.4 is 5.73 Å². The first-order valence-electron chi connectivity index (χ1n) is 4.42. The highest BCUT2D eigenvalue weighted by Crippen LogP contribution is 2.28. The maximum atomic E-state index is 13.2. The number of carboxylic acid groups (broad SMARTS) is 1. The van der Waals surface area contributed by atoms with Crippen LogP contribution in [0.15, 0.2) is 22.7 Å². The topological polar surface area (TPSA) is 63.3 Å². The quantitative estimate of drug-likeness (QED) is 0.885. The second-order valence-corrected chi connectivity index (χ2v) is 3.97. The molecule has 1 unspecified atom stereocenters. The number of aliphatic carboxylic acids is 1. The van der Waals surface area contributed by atoms with Crippen LogP contribution in [0.4, 0.5) is 4.39 Å². The van der Waals surface area contributed by atoms with E-state index in [0.29, 0.717) is 10.0 Å². The van der Waals surface area contributed by atoms with Gasteiger partial charge in [0.1, 0.15) is 5.82 Å². The minimum atomic E-state index is -0.943. The average Bonchev–Trinajstić information content (AvgIpc) is 2.19. The molecule has 82 valence electrons. The van der Waals surface area contributed by atoms with Crippen LogP contribution >= 0.6 is 15.9 Å². The molecule has 0 saturated carbocycles. The summed E-state index contributed by atoms with van der Waals surface area (Å²) in [5.74, 6) is -1.72. The van der Waals surface area contributed by atoms with Crippen LogP contribution in [0.3, 0.4) is 0 Å². The lowest BCUT2D eigenvalue weighted by atomic mass is 9.96. The first kappa shape index (κ1) is 12.1. The van der Waals surface area contributed by atoms with Gasteiger partial charge in [-0.15, -0.1) is 0 Å². The summed E-state index contributed by atoms with van der Waals surface area (Å²) in [5, 5.41) is 8.67. The van der Waals surface area contributed by atoms with Gasteiger partial charge < -0.3 is 10.8 Å². The molecule has 0 aliphatic rings. The van der Waals surface area contributed by atoms with E-state index in [-0.39, 0.29) is 18.9 Å². The van der Waals surface area contributed by atoms with E-state index in [4.69, 9.17) is 10.8 Å². The second kappa shape index (κ2) is 5.23. The standard InChI is InChI=1S/C10H11BrFNO2/c11-10-7(2-1-3-8(10)12)6(5-13)4-9(14)15/h1-3,6H,4-5,13H2,(H,14,15). The lowest BCUT2D eigenvalue weighted by Gasteiger charge is -2.14. The summed E-state index contributed by atoms with van der Waals surface area (Å²) < 4.78 is 13.5. The van der Waals surface area contributed by atoms with Crippen molar-refractivity contribution in [1.29, 1.82) is 0 Å². The Kier molecular flexibility index (Phi) is 4.23. The summed E-state index contributed by atoms with van der Waals surface area (Å²) in [5.41, 5.74) is 6.06. The molecule has 5 heteroatoms. The minimum Gasteiger partial charge on any atom is -0.481 e. The molecule has 0 saturated heterocycles. The summed E-state index contributed by atoms with van der Waals surface area (Å²) in [6.07, 6.45) is -0.0987. The zero-order valence-corrected chi connectivity index (χ0v) is 9.50. The fourth-order valence-electron chi connectivity index (χ4n) is 1.37. The molecule has 0 radical (unpaired) electrons. The van der Waals surface area contributed by atoms with Crippen LogP contribution in [-0.4, -0.2) is 17.6 Å². The van der Waals surface area contributed by atoms with Gasteiger partial charge in [-0.25, -0.2) is 4.39 Å². The lowest BCUT2D eigenvalue weighted by molar-refractivity contribution is -0.137. The minimum absolute atomic E-state index is 0.0987. The summed E-state index contributed by atoms with van der Waals surface area (Å²) in [4.78, 5) is 10.6. The first-order valence-corrected chi connectivity index (χ1v) is 5.21. The van der Waals surface area contributed by atoms with Gasteiger partial charge >= 0.3 is 5.97 Å².